The summed E-state index contributed by atoms with van der Waals surface area (Å²) in [5, 5.41) is 2.99. The minimum Gasteiger partial charge on any atom is -0.486 e. The van der Waals surface area contributed by atoms with Crippen molar-refractivity contribution in [3.05, 3.63) is 24.0 Å². The lowest BCUT2D eigenvalue weighted by atomic mass is 10.00. The van der Waals surface area contributed by atoms with Gasteiger partial charge in [0.25, 0.3) is 0 Å². The zero-order valence-electron chi connectivity index (χ0n) is 14.3. The number of carbonyl (C=O) groups excluding carboxylic acids is 1. The van der Waals surface area contributed by atoms with Crippen LogP contribution in [0.4, 0.5) is 0 Å². The van der Waals surface area contributed by atoms with E-state index in [0.29, 0.717) is 38.2 Å². The molecule has 0 aromatic carbocycles. The molecule has 138 valence electrons. The summed E-state index contributed by atoms with van der Waals surface area (Å²) in [7, 11) is -2.97. The van der Waals surface area contributed by atoms with Crippen molar-refractivity contribution >= 4 is 15.7 Å². The summed E-state index contributed by atoms with van der Waals surface area (Å²) >= 11 is 0. The van der Waals surface area contributed by atoms with Gasteiger partial charge in [-0.15, -0.1) is 0 Å². The average Bonchev–Trinajstić information content (AvgIpc) is 2.58. The number of nitrogens with one attached hydrogen (secondary N) is 1. The second-order valence-electron chi connectivity index (χ2n) is 6.70. The predicted octanol–water partition coefficient (Wildman–Crippen LogP) is 0.867. The highest BCUT2D eigenvalue weighted by atomic mass is 32.2. The fraction of sp³-hybridized carbons (Fsp3) is 0.647. The van der Waals surface area contributed by atoms with Crippen molar-refractivity contribution < 1.29 is 22.7 Å². The Morgan fingerprint density at radius 2 is 2.04 bits per heavy atom. The average molecular weight is 368 g/mol. The fourth-order valence-corrected chi connectivity index (χ4v) is 4.64. The van der Waals surface area contributed by atoms with Crippen LogP contribution >= 0.6 is 0 Å². The summed E-state index contributed by atoms with van der Waals surface area (Å²) in [6.07, 6.45) is 2.94. The Balaban J connectivity index is 1.59. The Labute approximate surface area is 148 Å². The molecule has 2 atom stereocenters. The van der Waals surface area contributed by atoms with E-state index in [-0.39, 0.29) is 35.5 Å². The first-order chi connectivity index (χ1) is 11.9. The molecule has 2 aliphatic heterocycles. The molecule has 7 nitrogen and oxygen atoms in total. The first kappa shape index (κ1) is 18.1. The number of nitrogens with zero attached hydrogens (tertiary/aromatic N) is 1. The van der Waals surface area contributed by atoms with Crippen molar-refractivity contribution in [1.82, 2.24) is 10.3 Å². The largest absolute Gasteiger partial charge is 0.486 e. The van der Waals surface area contributed by atoms with Crippen molar-refractivity contribution in [3.8, 4) is 5.75 Å². The second-order valence-corrected chi connectivity index (χ2v) is 9.00. The summed E-state index contributed by atoms with van der Waals surface area (Å²) in [6, 6.07) is 3.49. The van der Waals surface area contributed by atoms with E-state index >= 15 is 0 Å². The molecular weight excluding hydrogens is 344 g/mol. The Kier molecular flexibility index (Phi) is 5.58. The molecule has 3 rings (SSSR count). The number of aryl methyl sites for hydroxylation is 1. The Morgan fingerprint density at radius 3 is 2.72 bits per heavy atom. The van der Waals surface area contributed by atoms with E-state index in [9.17, 15) is 13.2 Å². The molecular formula is C17H24N2O5S. The van der Waals surface area contributed by atoms with Crippen LogP contribution in [0.25, 0.3) is 0 Å². The molecule has 2 aliphatic rings. The number of ether oxygens (including phenoxy) is 2. The zero-order chi connectivity index (χ0) is 17.9. The third-order valence-corrected chi connectivity index (χ3v) is 6.43. The van der Waals surface area contributed by atoms with Crippen LogP contribution in [0.15, 0.2) is 18.3 Å². The number of carbonyl (C=O) groups is 1. The van der Waals surface area contributed by atoms with Gasteiger partial charge in [-0.3, -0.25) is 9.78 Å². The molecule has 8 heteroatoms. The van der Waals surface area contributed by atoms with E-state index in [0.717, 1.165) is 5.69 Å². The molecule has 0 aliphatic carbocycles. The van der Waals surface area contributed by atoms with E-state index in [1.807, 2.05) is 19.1 Å². The molecule has 0 saturated carbocycles. The van der Waals surface area contributed by atoms with Crippen molar-refractivity contribution in [2.24, 2.45) is 5.92 Å². The zero-order valence-corrected chi connectivity index (χ0v) is 15.1. The topological polar surface area (TPSA) is 94.6 Å². The Morgan fingerprint density at radius 1 is 1.28 bits per heavy atom. The van der Waals surface area contributed by atoms with E-state index in [4.69, 9.17) is 9.47 Å². The van der Waals surface area contributed by atoms with Crippen LogP contribution in [0.1, 0.15) is 25.0 Å². The SMILES string of the molecule is Cc1ccc(O[C@@H]2CCOC[C@@H]2NC(=O)C2CCS(=O)(=O)CC2)cn1. The van der Waals surface area contributed by atoms with Crippen molar-refractivity contribution in [2.45, 2.75) is 38.3 Å². The van der Waals surface area contributed by atoms with Crippen LogP contribution in [0.3, 0.4) is 0 Å². The number of aromatic nitrogens is 1. The lowest BCUT2D eigenvalue weighted by Gasteiger charge is -2.33. The lowest BCUT2D eigenvalue weighted by Crippen LogP contribution is -2.53. The summed E-state index contributed by atoms with van der Waals surface area (Å²) < 4.78 is 34.5. The van der Waals surface area contributed by atoms with Crippen LogP contribution < -0.4 is 10.1 Å². The van der Waals surface area contributed by atoms with Crippen molar-refractivity contribution in [2.75, 3.05) is 24.7 Å². The molecule has 1 aromatic rings. The fourth-order valence-electron chi connectivity index (χ4n) is 3.15. The number of hydrogen-bond donors (Lipinski definition) is 1. The number of hydrogen-bond acceptors (Lipinski definition) is 6. The highest BCUT2D eigenvalue weighted by Crippen LogP contribution is 2.21. The van der Waals surface area contributed by atoms with Crippen LogP contribution in [0.2, 0.25) is 0 Å². The second kappa shape index (κ2) is 7.70. The molecule has 25 heavy (non-hydrogen) atoms. The normalized spacial score (nSPS) is 26.8. The van der Waals surface area contributed by atoms with Gasteiger partial charge in [-0.05, 0) is 31.9 Å². The number of amides is 1. The Hall–Kier alpha value is -1.67. The van der Waals surface area contributed by atoms with Crippen LogP contribution in [-0.4, -0.2) is 56.2 Å². The van der Waals surface area contributed by atoms with Gasteiger partial charge in [-0.2, -0.15) is 0 Å². The molecule has 0 unspecified atom stereocenters. The van der Waals surface area contributed by atoms with Gasteiger partial charge in [0.15, 0.2) is 0 Å². The molecule has 0 bridgehead atoms. The van der Waals surface area contributed by atoms with Crippen LogP contribution in [-0.2, 0) is 19.4 Å². The minimum absolute atomic E-state index is 0.0845. The summed E-state index contributed by atoms with van der Waals surface area (Å²) in [5.41, 5.74) is 0.913. The smallest absolute Gasteiger partial charge is 0.223 e. The molecule has 0 radical (unpaired) electrons. The highest BCUT2D eigenvalue weighted by molar-refractivity contribution is 7.91. The molecule has 2 saturated heterocycles. The van der Waals surface area contributed by atoms with E-state index in [1.165, 1.54) is 0 Å². The lowest BCUT2D eigenvalue weighted by molar-refractivity contribution is -0.128. The summed E-state index contributed by atoms with van der Waals surface area (Å²) in [5.74, 6) is 0.469. The van der Waals surface area contributed by atoms with Gasteiger partial charge in [0, 0.05) is 18.0 Å². The maximum atomic E-state index is 12.5. The molecule has 1 aromatic heterocycles. The molecule has 3 heterocycles. The van der Waals surface area contributed by atoms with E-state index in [1.54, 1.807) is 6.20 Å². The number of pyridine rings is 1. The van der Waals surface area contributed by atoms with Gasteiger partial charge >= 0.3 is 0 Å². The monoisotopic (exact) mass is 368 g/mol. The molecule has 1 amide bonds. The molecule has 1 N–H and O–H groups in total. The molecule has 2 fully saturated rings. The summed E-state index contributed by atoms with van der Waals surface area (Å²) in [6.45, 7) is 2.88. The third-order valence-electron chi connectivity index (χ3n) is 4.72. The summed E-state index contributed by atoms with van der Waals surface area (Å²) in [4.78, 5) is 16.7. The van der Waals surface area contributed by atoms with E-state index in [2.05, 4.69) is 10.3 Å². The first-order valence-corrected chi connectivity index (χ1v) is 10.4. The van der Waals surface area contributed by atoms with Gasteiger partial charge < -0.3 is 14.8 Å². The van der Waals surface area contributed by atoms with Crippen LogP contribution in [0.5, 0.6) is 5.75 Å². The Bertz CT molecular complexity index is 690. The van der Waals surface area contributed by atoms with Crippen LogP contribution in [0, 0.1) is 12.8 Å². The van der Waals surface area contributed by atoms with Crippen molar-refractivity contribution in [3.63, 3.8) is 0 Å². The quantitative estimate of drug-likeness (QED) is 0.847. The maximum Gasteiger partial charge on any atom is 0.223 e. The molecule has 0 spiro atoms. The highest BCUT2D eigenvalue weighted by Gasteiger charge is 2.33. The van der Waals surface area contributed by atoms with Gasteiger partial charge in [0.1, 0.15) is 21.7 Å². The standard InChI is InChI=1S/C17H24N2O5S/c1-12-2-3-14(10-18-12)24-16-4-7-23-11-15(16)19-17(20)13-5-8-25(21,22)9-6-13/h2-3,10,13,15-16H,4-9,11H2,1H3,(H,19,20)/t15-,16+/m0/s1. The van der Waals surface area contributed by atoms with Gasteiger partial charge in [0.05, 0.1) is 37.0 Å². The van der Waals surface area contributed by atoms with Gasteiger partial charge in [-0.25, -0.2) is 8.42 Å². The number of rotatable bonds is 4. The van der Waals surface area contributed by atoms with E-state index < -0.39 is 9.84 Å². The predicted molar refractivity (Wildman–Crippen MR) is 92.1 cm³/mol. The first-order valence-electron chi connectivity index (χ1n) is 8.61. The number of sulfone groups is 1. The van der Waals surface area contributed by atoms with Gasteiger partial charge in [-0.1, -0.05) is 0 Å². The third kappa shape index (κ3) is 4.92. The minimum atomic E-state index is -2.97. The van der Waals surface area contributed by atoms with Gasteiger partial charge in [0.2, 0.25) is 5.91 Å². The maximum absolute atomic E-state index is 12.5. The van der Waals surface area contributed by atoms with Crippen molar-refractivity contribution in [1.29, 1.82) is 0 Å².